The van der Waals surface area contributed by atoms with E-state index in [-0.39, 0.29) is 12.0 Å². The molecule has 1 aliphatic rings. The SMILES string of the molecule is CC(O)C1CCN(c2nc(Cl)cc3nccnc23)C1. The minimum absolute atomic E-state index is 0.271. The number of pyridine rings is 1. The van der Waals surface area contributed by atoms with Crippen LogP contribution < -0.4 is 4.90 Å². The van der Waals surface area contributed by atoms with Crippen molar-refractivity contribution in [1.29, 1.82) is 0 Å². The molecule has 2 atom stereocenters. The van der Waals surface area contributed by atoms with Gasteiger partial charge in [0.1, 0.15) is 10.7 Å². The fourth-order valence-electron chi connectivity index (χ4n) is 2.52. The predicted molar refractivity (Wildman–Crippen MR) is 74.3 cm³/mol. The molecule has 5 nitrogen and oxygen atoms in total. The zero-order valence-corrected chi connectivity index (χ0v) is 11.4. The number of aliphatic hydroxyl groups excluding tert-OH is 1. The lowest BCUT2D eigenvalue weighted by molar-refractivity contribution is 0.136. The van der Waals surface area contributed by atoms with E-state index in [1.165, 1.54) is 0 Å². The van der Waals surface area contributed by atoms with Crippen molar-refractivity contribution >= 4 is 28.5 Å². The highest BCUT2D eigenvalue weighted by molar-refractivity contribution is 6.30. The Morgan fingerprint density at radius 3 is 2.95 bits per heavy atom. The topological polar surface area (TPSA) is 62.1 Å². The summed E-state index contributed by atoms with van der Waals surface area (Å²) >= 11 is 6.05. The lowest BCUT2D eigenvalue weighted by atomic mass is 10.0. The number of anilines is 1. The summed E-state index contributed by atoms with van der Waals surface area (Å²) in [5.74, 6) is 1.03. The molecular weight excluding hydrogens is 264 g/mol. The second-order valence-corrected chi connectivity index (χ2v) is 5.32. The van der Waals surface area contributed by atoms with E-state index in [4.69, 9.17) is 11.6 Å². The minimum Gasteiger partial charge on any atom is -0.393 e. The molecule has 2 aromatic rings. The van der Waals surface area contributed by atoms with Crippen LogP contribution in [-0.2, 0) is 0 Å². The molecule has 0 saturated carbocycles. The van der Waals surface area contributed by atoms with Gasteiger partial charge in [0.2, 0.25) is 0 Å². The normalized spacial score (nSPS) is 21.0. The first-order valence-electron chi connectivity index (χ1n) is 6.35. The number of rotatable bonds is 2. The number of hydrogen-bond acceptors (Lipinski definition) is 5. The fourth-order valence-corrected chi connectivity index (χ4v) is 2.70. The second-order valence-electron chi connectivity index (χ2n) is 4.93. The smallest absolute Gasteiger partial charge is 0.158 e. The Hall–Kier alpha value is -1.46. The first-order chi connectivity index (χ1) is 9.15. The molecule has 0 radical (unpaired) electrons. The average molecular weight is 279 g/mol. The van der Waals surface area contributed by atoms with E-state index in [0.717, 1.165) is 36.4 Å². The van der Waals surface area contributed by atoms with Gasteiger partial charge in [-0.2, -0.15) is 0 Å². The van der Waals surface area contributed by atoms with Crippen molar-refractivity contribution < 1.29 is 5.11 Å². The molecule has 0 aliphatic carbocycles. The fraction of sp³-hybridized carbons (Fsp3) is 0.462. The van der Waals surface area contributed by atoms with E-state index >= 15 is 0 Å². The van der Waals surface area contributed by atoms with Crippen molar-refractivity contribution in [3.05, 3.63) is 23.6 Å². The average Bonchev–Trinajstić information content (AvgIpc) is 2.87. The van der Waals surface area contributed by atoms with Crippen LogP contribution in [0.5, 0.6) is 0 Å². The molecule has 2 unspecified atom stereocenters. The van der Waals surface area contributed by atoms with Crippen LogP contribution in [0.4, 0.5) is 5.82 Å². The van der Waals surface area contributed by atoms with Crippen LogP contribution >= 0.6 is 11.6 Å². The zero-order valence-electron chi connectivity index (χ0n) is 10.6. The van der Waals surface area contributed by atoms with E-state index in [1.54, 1.807) is 18.5 Å². The van der Waals surface area contributed by atoms with Crippen LogP contribution in [0.25, 0.3) is 11.0 Å². The molecule has 0 aromatic carbocycles. The van der Waals surface area contributed by atoms with Gasteiger partial charge in [0.25, 0.3) is 0 Å². The quantitative estimate of drug-likeness (QED) is 0.850. The summed E-state index contributed by atoms with van der Waals surface area (Å²) in [5.41, 5.74) is 1.51. The summed E-state index contributed by atoms with van der Waals surface area (Å²) in [6, 6.07) is 1.72. The van der Waals surface area contributed by atoms with Gasteiger partial charge < -0.3 is 10.0 Å². The molecule has 1 N–H and O–H groups in total. The van der Waals surface area contributed by atoms with Gasteiger partial charge in [-0.25, -0.2) is 9.97 Å². The molecule has 1 fully saturated rings. The first-order valence-corrected chi connectivity index (χ1v) is 6.73. The Balaban J connectivity index is 2.01. The summed E-state index contributed by atoms with van der Waals surface area (Å²) in [6.45, 7) is 3.46. The van der Waals surface area contributed by atoms with E-state index in [0.29, 0.717) is 5.15 Å². The molecule has 1 aliphatic heterocycles. The molecule has 3 heterocycles. The van der Waals surface area contributed by atoms with E-state index in [9.17, 15) is 5.11 Å². The summed E-state index contributed by atoms with van der Waals surface area (Å²) in [4.78, 5) is 15.1. The van der Waals surface area contributed by atoms with Gasteiger partial charge in [0, 0.05) is 37.5 Å². The van der Waals surface area contributed by atoms with Gasteiger partial charge >= 0.3 is 0 Å². The molecule has 100 valence electrons. The van der Waals surface area contributed by atoms with Crippen LogP contribution in [0, 0.1) is 5.92 Å². The maximum Gasteiger partial charge on any atom is 0.158 e. The van der Waals surface area contributed by atoms with Crippen molar-refractivity contribution in [2.45, 2.75) is 19.4 Å². The Kier molecular flexibility index (Phi) is 3.24. The predicted octanol–water partition coefficient (Wildman–Crippen LogP) is 1.89. The van der Waals surface area contributed by atoms with Crippen LogP contribution in [-0.4, -0.2) is 39.3 Å². The molecule has 6 heteroatoms. The summed E-state index contributed by atoms with van der Waals surface area (Å²) in [5, 5.41) is 10.1. The third-order valence-corrected chi connectivity index (χ3v) is 3.81. The highest BCUT2D eigenvalue weighted by Gasteiger charge is 2.28. The molecule has 0 spiro atoms. The number of halogens is 1. The Labute approximate surface area is 116 Å². The third kappa shape index (κ3) is 2.35. The van der Waals surface area contributed by atoms with Gasteiger partial charge in [-0.05, 0) is 13.3 Å². The van der Waals surface area contributed by atoms with Gasteiger partial charge in [-0.15, -0.1) is 0 Å². The van der Waals surface area contributed by atoms with Crippen LogP contribution in [0.15, 0.2) is 18.5 Å². The van der Waals surface area contributed by atoms with Gasteiger partial charge in [-0.3, -0.25) is 4.98 Å². The van der Waals surface area contributed by atoms with Gasteiger partial charge in [0.15, 0.2) is 5.82 Å². The van der Waals surface area contributed by atoms with E-state index in [1.807, 2.05) is 6.92 Å². The Morgan fingerprint density at radius 2 is 2.21 bits per heavy atom. The molecular formula is C13H15ClN4O. The molecule has 0 amide bonds. The molecule has 19 heavy (non-hydrogen) atoms. The monoisotopic (exact) mass is 278 g/mol. The van der Waals surface area contributed by atoms with Gasteiger partial charge in [0.05, 0.1) is 11.6 Å². The summed E-state index contributed by atoms with van der Waals surface area (Å²) in [7, 11) is 0. The number of fused-ring (bicyclic) bond motifs is 1. The van der Waals surface area contributed by atoms with Gasteiger partial charge in [-0.1, -0.05) is 11.6 Å². The molecule has 3 rings (SSSR count). The molecule has 0 bridgehead atoms. The minimum atomic E-state index is -0.304. The maximum atomic E-state index is 9.68. The van der Waals surface area contributed by atoms with Crippen molar-refractivity contribution in [3.8, 4) is 0 Å². The second kappa shape index (κ2) is 4.90. The van der Waals surface area contributed by atoms with E-state index in [2.05, 4.69) is 19.9 Å². The van der Waals surface area contributed by atoms with Crippen LogP contribution in [0.3, 0.4) is 0 Å². The highest BCUT2D eigenvalue weighted by atomic mass is 35.5. The highest BCUT2D eigenvalue weighted by Crippen LogP contribution is 2.30. The maximum absolute atomic E-state index is 9.68. The van der Waals surface area contributed by atoms with Crippen molar-refractivity contribution in [2.75, 3.05) is 18.0 Å². The number of aromatic nitrogens is 3. The van der Waals surface area contributed by atoms with Crippen LogP contribution in [0.1, 0.15) is 13.3 Å². The Bertz CT molecular complexity index is 604. The largest absolute Gasteiger partial charge is 0.393 e. The van der Waals surface area contributed by atoms with Crippen LogP contribution in [0.2, 0.25) is 5.15 Å². The zero-order chi connectivity index (χ0) is 13.4. The standard InChI is InChI=1S/C13H15ClN4O/c1-8(19)9-2-5-18(7-9)13-12-10(6-11(14)17-13)15-3-4-16-12/h3-4,6,8-9,19H,2,5,7H2,1H3. The van der Waals surface area contributed by atoms with E-state index < -0.39 is 0 Å². The van der Waals surface area contributed by atoms with Crippen molar-refractivity contribution in [3.63, 3.8) is 0 Å². The molecule has 2 aromatic heterocycles. The lowest BCUT2D eigenvalue weighted by Crippen LogP contribution is -2.25. The van der Waals surface area contributed by atoms with Crippen molar-refractivity contribution in [1.82, 2.24) is 15.0 Å². The van der Waals surface area contributed by atoms with Crippen molar-refractivity contribution in [2.24, 2.45) is 5.92 Å². The first kappa shape index (κ1) is 12.6. The number of aliphatic hydroxyl groups is 1. The lowest BCUT2D eigenvalue weighted by Gasteiger charge is -2.19. The summed E-state index contributed by atoms with van der Waals surface area (Å²) in [6.07, 6.45) is 3.95. The molecule has 1 saturated heterocycles. The number of hydrogen-bond donors (Lipinski definition) is 1. The Morgan fingerprint density at radius 1 is 1.42 bits per heavy atom. The number of nitrogens with zero attached hydrogens (tertiary/aromatic N) is 4. The third-order valence-electron chi connectivity index (χ3n) is 3.61. The summed E-state index contributed by atoms with van der Waals surface area (Å²) < 4.78 is 0.